The quantitative estimate of drug-likeness (QED) is 0.940. The van der Waals surface area contributed by atoms with Crippen LogP contribution in [0.2, 0.25) is 0 Å². The Bertz CT molecular complexity index is 722. The summed E-state index contributed by atoms with van der Waals surface area (Å²) in [4.78, 5) is 23.5. The lowest BCUT2D eigenvalue weighted by Crippen LogP contribution is -2.33. The molecular formula is C17H20N4O2. The molecule has 0 spiro atoms. The van der Waals surface area contributed by atoms with E-state index in [2.05, 4.69) is 15.3 Å². The van der Waals surface area contributed by atoms with Crippen LogP contribution in [-0.2, 0) is 12.8 Å². The van der Waals surface area contributed by atoms with E-state index in [-0.39, 0.29) is 5.91 Å². The van der Waals surface area contributed by atoms with Crippen molar-refractivity contribution in [2.45, 2.75) is 38.6 Å². The first-order valence-electron chi connectivity index (χ1n) is 8.16. The van der Waals surface area contributed by atoms with Crippen molar-refractivity contribution in [3.8, 4) is 0 Å². The van der Waals surface area contributed by atoms with Crippen molar-refractivity contribution in [2.24, 2.45) is 0 Å². The molecule has 6 heteroatoms. The monoisotopic (exact) mass is 312 g/mol. The molecule has 1 saturated carbocycles. The molecule has 0 atom stereocenters. The third-order valence-corrected chi connectivity index (χ3v) is 4.39. The first kappa shape index (κ1) is 14.2. The van der Waals surface area contributed by atoms with Gasteiger partial charge in [-0.15, -0.1) is 0 Å². The van der Waals surface area contributed by atoms with Crippen molar-refractivity contribution in [1.82, 2.24) is 14.9 Å². The summed E-state index contributed by atoms with van der Waals surface area (Å²) in [5.41, 5.74) is 2.23. The van der Waals surface area contributed by atoms with Crippen molar-refractivity contribution in [3.63, 3.8) is 0 Å². The molecule has 0 unspecified atom stereocenters. The molecular weight excluding hydrogens is 292 g/mol. The van der Waals surface area contributed by atoms with E-state index >= 15 is 0 Å². The summed E-state index contributed by atoms with van der Waals surface area (Å²) >= 11 is 0. The molecule has 2 aromatic rings. The summed E-state index contributed by atoms with van der Waals surface area (Å²) in [6.07, 6.45) is 5.48. The maximum absolute atomic E-state index is 12.5. The maximum atomic E-state index is 12.5. The molecule has 2 aromatic heterocycles. The van der Waals surface area contributed by atoms with E-state index in [9.17, 15) is 4.79 Å². The third kappa shape index (κ3) is 2.93. The summed E-state index contributed by atoms with van der Waals surface area (Å²) in [5, 5.41) is 3.51. The predicted molar refractivity (Wildman–Crippen MR) is 85.4 cm³/mol. The lowest BCUT2D eigenvalue weighted by molar-refractivity contribution is 0.0731. The van der Waals surface area contributed by atoms with Crippen LogP contribution in [0.25, 0.3) is 0 Å². The zero-order valence-electron chi connectivity index (χ0n) is 13.2. The van der Waals surface area contributed by atoms with Gasteiger partial charge in [-0.05, 0) is 38.3 Å². The second-order valence-corrected chi connectivity index (χ2v) is 6.23. The zero-order chi connectivity index (χ0) is 15.8. The largest absolute Gasteiger partial charge is 0.459 e. The number of carbonyl (C=O) groups excluding carboxylic acids is 1. The smallest absolute Gasteiger partial charge is 0.289 e. The van der Waals surface area contributed by atoms with Crippen molar-refractivity contribution in [2.75, 3.05) is 18.4 Å². The number of amides is 1. The van der Waals surface area contributed by atoms with Crippen LogP contribution >= 0.6 is 0 Å². The van der Waals surface area contributed by atoms with Crippen LogP contribution < -0.4 is 5.32 Å². The summed E-state index contributed by atoms with van der Waals surface area (Å²) in [6.45, 7) is 3.25. The molecule has 1 fully saturated rings. The molecule has 0 bridgehead atoms. The maximum Gasteiger partial charge on any atom is 0.289 e. The fraction of sp³-hybridized carbons (Fsp3) is 0.471. The topological polar surface area (TPSA) is 71.3 Å². The Morgan fingerprint density at radius 1 is 1.30 bits per heavy atom. The van der Waals surface area contributed by atoms with Gasteiger partial charge in [0.1, 0.15) is 11.6 Å². The van der Waals surface area contributed by atoms with Crippen molar-refractivity contribution >= 4 is 11.7 Å². The Hall–Kier alpha value is -2.37. The predicted octanol–water partition coefficient (Wildman–Crippen LogP) is 2.19. The van der Waals surface area contributed by atoms with E-state index in [0.717, 1.165) is 35.7 Å². The molecule has 1 aliphatic heterocycles. The molecule has 6 nitrogen and oxygen atoms in total. The Labute approximate surface area is 134 Å². The number of hydrogen-bond donors (Lipinski definition) is 1. The van der Waals surface area contributed by atoms with Crippen LogP contribution in [0.1, 0.15) is 40.5 Å². The van der Waals surface area contributed by atoms with Crippen LogP contribution in [0.5, 0.6) is 0 Å². The average Bonchev–Trinajstić information content (AvgIpc) is 3.22. The number of nitrogens with zero attached hydrogens (tertiary/aromatic N) is 3. The number of hydrogen-bond acceptors (Lipinski definition) is 5. The van der Waals surface area contributed by atoms with Crippen LogP contribution in [0.3, 0.4) is 0 Å². The second-order valence-electron chi connectivity index (χ2n) is 6.23. The molecule has 23 heavy (non-hydrogen) atoms. The molecule has 0 radical (unpaired) electrons. The van der Waals surface area contributed by atoms with Crippen molar-refractivity contribution in [3.05, 3.63) is 41.2 Å². The molecule has 1 N–H and O–H groups in total. The highest BCUT2D eigenvalue weighted by molar-refractivity contribution is 5.91. The van der Waals surface area contributed by atoms with E-state index in [0.29, 0.717) is 24.9 Å². The highest BCUT2D eigenvalue weighted by Crippen LogP contribution is 2.28. The minimum absolute atomic E-state index is 0.0517. The molecule has 2 aliphatic rings. The number of fused-ring (bicyclic) bond motifs is 1. The van der Waals surface area contributed by atoms with Gasteiger partial charge >= 0.3 is 0 Å². The Morgan fingerprint density at radius 3 is 2.87 bits per heavy atom. The van der Waals surface area contributed by atoms with E-state index in [4.69, 9.17) is 4.42 Å². The van der Waals surface area contributed by atoms with E-state index in [1.54, 1.807) is 12.1 Å². The molecule has 3 heterocycles. The van der Waals surface area contributed by atoms with Gasteiger partial charge in [-0.3, -0.25) is 4.79 Å². The first-order chi connectivity index (χ1) is 11.2. The standard InChI is InChI=1S/C17H20N4O2/c1-11-18-14-7-9-21(17(22)15-3-2-10-23-15)8-6-13(14)16(19-11)20-12-4-5-12/h2-3,10,12H,4-9H2,1H3,(H,18,19,20). The van der Waals surface area contributed by atoms with Crippen LogP contribution in [0.15, 0.2) is 22.8 Å². The van der Waals surface area contributed by atoms with Gasteiger partial charge in [0.25, 0.3) is 5.91 Å². The Morgan fingerprint density at radius 2 is 2.13 bits per heavy atom. The van der Waals surface area contributed by atoms with Gasteiger partial charge in [0.05, 0.1) is 12.0 Å². The number of aromatic nitrogens is 2. The number of rotatable bonds is 3. The summed E-state index contributed by atoms with van der Waals surface area (Å²) in [7, 11) is 0. The van der Waals surface area contributed by atoms with Gasteiger partial charge in [0, 0.05) is 31.1 Å². The van der Waals surface area contributed by atoms with Gasteiger partial charge in [0.15, 0.2) is 5.76 Å². The van der Waals surface area contributed by atoms with Gasteiger partial charge in [0.2, 0.25) is 0 Å². The van der Waals surface area contributed by atoms with Gasteiger partial charge < -0.3 is 14.6 Å². The van der Waals surface area contributed by atoms with Gasteiger partial charge in [-0.1, -0.05) is 0 Å². The summed E-state index contributed by atoms with van der Waals surface area (Å²) in [6, 6.07) is 4.01. The van der Waals surface area contributed by atoms with Crippen LogP contribution in [-0.4, -0.2) is 39.9 Å². The fourth-order valence-electron chi connectivity index (χ4n) is 3.02. The fourth-order valence-corrected chi connectivity index (χ4v) is 3.02. The van der Waals surface area contributed by atoms with Gasteiger partial charge in [-0.25, -0.2) is 9.97 Å². The van der Waals surface area contributed by atoms with E-state index in [1.807, 2.05) is 11.8 Å². The number of furan rings is 1. The highest BCUT2D eigenvalue weighted by atomic mass is 16.3. The Balaban J connectivity index is 1.57. The molecule has 0 saturated heterocycles. The second kappa shape index (κ2) is 5.68. The minimum atomic E-state index is -0.0517. The SMILES string of the molecule is Cc1nc2c(c(NC3CC3)n1)CCN(C(=O)c1ccco1)CC2. The normalized spacial score (nSPS) is 17.5. The molecule has 1 amide bonds. The molecule has 1 aliphatic carbocycles. The lowest BCUT2D eigenvalue weighted by Gasteiger charge is -2.18. The lowest BCUT2D eigenvalue weighted by atomic mass is 10.1. The van der Waals surface area contributed by atoms with Gasteiger partial charge in [-0.2, -0.15) is 0 Å². The number of anilines is 1. The minimum Gasteiger partial charge on any atom is -0.459 e. The molecule has 120 valence electrons. The third-order valence-electron chi connectivity index (χ3n) is 4.39. The molecule has 0 aromatic carbocycles. The summed E-state index contributed by atoms with van der Waals surface area (Å²) in [5.74, 6) is 2.10. The van der Waals surface area contributed by atoms with E-state index < -0.39 is 0 Å². The Kier molecular flexibility index (Phi) is 3.52. The number of nitrogens with one attached hydrogen (secondary N) is 1. The van der Waals surface area contributed by atoms with Crippen molar-refractivity contribution in [1.29, 1.82) is 0 Å². The number of carbonyl (C=O) groups is 1. The van der Waals surface area contributed by atoms with Crippen LogP contribution in [0.4, 0.5) is 5.82 Å². The van der Waals surface area contributed by atoms with Crippen LogP contribution in [0, 0.1) is 6.92 Å². The average molecular weight is 312 g/mol. The van der Waals surface area contributed by atoms with Crippen molar-refractivity contribution < 1.29 is 9.21 Å². The van der Waals surface area contributed by atoms with E-state index in [1.165, 1.54) is 19.1 Å². The summed E-state index contributed by atoms with van der Waals surface area (Å²) < 4.78 is 5.24. The number of aryl methyl sites for hydroxylation is 1. The zero-order valence-corrected chi connectivity index (χ0v) is 13.2. The highest BCUT2D eigenvalue weighted by Gasteiger charge is 2.27. The first-order valence-corrected chi connectivity index (χ1v) is 8.16. The molecule has 4 rings (SSSR count).